The van der Waals surface area contributed by atoms with Gasteiger partial charge < -0.3 is 10.6 Å². The van der Waals surface area contributed by atoms with Gasteiger partial charge >= 0.3 is 0 Å². The summed E-state index contributed by atoms with van der Waals surface area (Å²) >= 11 is 5.90. The third-order valence-corrected chi connectivity index (χ3v) is 3.47. The fourth-order valence-electron chi connectivity index (χ4n) is 2.27. The molecule has 0 radical (unpaired) electrons. The van der Waals surface area contributed by atoms with Crippen LogP contribution in [-0.4, -0.2) is 47.6 Å². The van der Waals surface area contributed by atoms with Gasteiger partial charge in [-0.05, 0) is 31.5 Å². The second-order valence-electron chi connectivity index (χ2n) is 4.64. The molecule has 2 N–H and O–H groups in total. The number of halogens is 1. The Morgan fingerprint density at radius 1 is 1.22 bits per heavy atom. The van der Waals surface area contributed by atoms with Gasteiger partial charge in [0.05, 0.1) is 11.4 Å². The molecule has 0 bridgehead atoms. The van der Waals surface area contributed by atoms with Gasteiger partial charge in [0.25, 0.3) is 0 Å². The summed E-state index contributed by atoms with van der Waals surface area (Å²) in [5, 5.41) is 0.271. The van der Waals surface area contributed by atoms with Crippen LogP contribution < -0.4 is 10.6 Å². The van der Waals surface area contributed by atoms with Crippen LogP contribution >= 0.6 is 11.6 Å². The van der Waals surface area contributed by atoms with Gasteiger partial charge in [-0.3, -0.25) is 4.90 Å². The van der Waals surface area contributed by atoms with Crippen molar-refractivity contribution in [1.82, 2.24) is 14.9 Å². The van der Waals surface area contributed by atoms with E-state index in [2.05, 4.69) is 26.7 Å². The van der Waals surface area contributed by atoms with Crippen LogP contribution in [0, 0.1) is 6.92 Å². The highest BCUT2D eigenvalue weighted by molar-refractivity contribution is 6.28. The van der Waals surface area contributed by atoms with Gasteiger partial charge in [0.2, 0.25) is 5.28 Å². The molecule has 1 fully saturated rings. The van der Waals surface area contributed by atoms with Gasteiger partial charge in [-0.1, -0.05) is 6.92 Å². The number of nitrogens with zero attached hydrogens (tertiary/aromatic N) is 4. The lowest BCUT2D eigenvalue weighted by Gasteiger charge is -2.35. The maximum Gasteiger partial charge on any atom is 0.224 e. The molecule has 100 valence electrons. The van der Waals surface area contributed by atoms with Crippen LogP contribution in [0.25, 0.3) is 0 Å². The number of hydrogen-bond acceptors (Lipinski definition) is 5. The van der Waals surface area contributed by atoms with Crippen molar-refractivity contribution < 1.29 is 0 Å². The Morgan fingerprint density at radius 3 is 2.50 bits per heavy atom. The van der Waals surface area contributed by atoms with E-state index in [-0.39, 0.29) is 5.28 Å². The van der Waals surface area contributed by atoms with E-state index in [0.717, 1.165) is 44.2 Å². The van der Waals surface area contributed by atoms with Crippen LogP contribution in [-0.2, 0) is 0 Å². The predicted octanol–water partition coefficient (Wildman–Crippen LogP) is 1.55. The van der Waals surface area contributed by atoms with E-state index in [9.17, 15) is 0 Å². The minimum absolute atomic E-state index is 0.271. The standard InChI is InChI=1S/C12H20ClN5/c1-3-4-17-5-7-18(8-6-17)11-10(14)9(2)15-12(13)16-11/h3-8,14H2,1-2H3. The number of aromatic nitrogens is 2. The number of aryl methyl sites for hydroxylation is 1. The Bertz CT molecular complexity index is 415. The third kappa shape index (κ3) is 2.84. The quantitative estimate of drug-likeness (QED) is 0.844. The lowest BCUT2D eigenvalue weighted by Crippen LogP contribution is -2.47. The maximum atomic E-state index is 6.04. The SMILES string of the molecule is CCCN1CCN(c2nc(Cl)nc(C)c2N)CC1. The van der Waals surface area contributed by atoms with Gasteiger partial charge in [0, 0.05) is 26.2 Å². The first-order chi connectivity index (χ1) is 8.61. The van der Waals surface area contributed by atoms with E-state index in [4.69, 9.17) is 17.3 Å². The fourth-order valence-corrected chi connectivity index (χ4v) is 2.48. The molecule has 5 nitrogen and oxygen atoms in total. The molecule has 1 aromatic rings. The number of anilines is 2. The number of hydrogen-bond donors (Lipinski definition) is 1. The first kappa shape index (κ1) is 13.4. The van der Waals surface area contributed by atoms with Crippen molar-refractivity contribution in [2.45, 2.75) is 20.3 Å². The van der Waals surface area contributed by atoms with Gasteiger partial charge in [-0.2, -0.15) is 4.98 Å². The van der Waals surface area contributed by atoms with Gasteiger partial charge in [0.15, 0.2) is 5.82 Å². The zero-order valence-electron chi connectivity index (χ0n) is 11.0. The average molecular weight is 270 g/mol. The molecule has 2 heterocycles. The molecular weight excluding hydrogens is 250 g/mol. The van der Waals surface area contributed by atoms with Crippen molar-refractivity contribution in [3.8, 4) is 0 Å². The summed E-state index contributed by atoms with van der Waals surface area (Å²) in [5.41, 5.74) is 7.43. The monoisotopic (exact) mass is 269 g/mol. The van der Waals surface area contributed by atoms with Gasteiger partial charge in [-0.15, -0.1) is 0 Å². The molecule has 0 aliphatic carbocycles. The zero-order valence-corrected chi connectivity index (χ0v) is 11.7. The summed E-state index contributed by atoms with van der Waals surface area (Å²) in [7, 11) is 0. The van der Waals surface area contributed by atoms with Crippen molar-refractivity contribution in [2.24, 2.45) is 0 Å². The molecule has 18 heavy (non-hydrogen) atoms. The van der Waals surface area contributed by atoms with Crippen LogP contribution in [0.5, 0.6) is 0 Å². The van der Waals surface area contributed by atoms with E-state index in [1.165, 1.54) is 6.42 Å². The third-order valence-electron chi connectivity index (χ3n) is 3.30. The molecule has 1 aromatic heterocycles. The van der Waals surface area contributed by atoms with Gasteiger partial charge in [-0.25, -0.2) is 4.98 Å². The highest BCUT2D eigenvalue weighted by Gasteiger charge is 2.20. The summed E-state index contributed by atoms with van der Waals surface area (Å²) in [4.78, 5) is 13.0. The van der Waals surface area contributed by atoms with E-state index in [1.54, 1.807) is 0 Å². The predicted molar refractivity (Wildman–Crippen MR) is 75.1 cm³/mol. The molecule has 0 atom stereocenters. The molecule has 2 rings (SSSR count). The van der Waals surface area contributed by atoms with Crippen molar-refractivity contribution >= 4 is 23.1 Å². The maximum absolute atomic E-state index is 6.04. The number of nitrogen functional groups attached to an aromatic ring is 1. The molecule has 1 aliphatic rings. The number of piperazine rings is 1. The summed E-state index contributed by atoms with van der Waals surface area (Å²) in [6.07, 6.45) is 1.20. The molecule has 0 aromatic carbocycles. The molecule has 1 aliphatic heterocycles. The molecule has 1 saturated heterocycles. The van der Waals surface area contributed by atoms with Crippen LogP contribution in [0.1, 0.15) is 19.0 Å². The minimum Gasteiger partial charge on any atom is -0.394 e. The Morgan fingerprint density at radius 2 is 1.89 bits per heavy atom. The zero-order chi connectivity index (χ0) is 13.1. The number of nitrogens with two attached hydrogens (primary N) is 1. The topological polar surface area (TPSA) is 58.3 Å². The molecule has 0 saturated carbocycles. The van der Waals surface area contributed by atoms with Gasteiger partial charge in [0.1, 0.15) is 0 Å². The molecule has 0 unspecified atom stereocenters. The first-order valence-corrected chi connectivity index (χ1v) is 6.76. The summed E-state index contributed by atoms with van der Waals surface area (Å²) in [6.45, 7) is 9.21. The molecular formula is C12H20ClN5. The van der Waals surface area contributed by atoms with Crippen molar-refractivity contribution in [1.29, 1.82) is 0 Å². The lowest BCUT2D eigenvalue weighted by molar-refractivity contribution is 0.258. The van der Waals surface area contributed by atoms with E-state index < -0.39 is 0 Å². The Labute approximate surface area is 113 Å². The van der Waals surface area contributed by atoms with Crippen molar-refractivity contribution in [2.75, 3.05) is 43.4 Å². The highest BCUT2D eigenvalue weighted by Crippen LogP contribution is 2.25. The second kappa shape index (κ2) is 5.71. The van der Waals surface area contributed by atoms with Crippen LogP contribution in [0.3, 0.4) is 0 Å². The fraction of sp³-hybridized carbons (Fsp3) is 0.667. The van der Waals surface area contributed by atoms with E-state index in [1.807, 2.05) is 6.92 Å². The summed E-state index contributed by atoms with van der Waals surface area (Å²) in [5.74, 6) is 0.781. The second-order valence-corrected chi connectivity index (χ2v) is 4.98. The Balaban J connectivity index is 2.10. The average Bonchev–Trinajstić information content (AvgIpc) is 2.35. The smallest absolute Gasteiger partial charge is 0.224 e. The summed E-state index contributed by atoms with van der Waals surface area (Å²) < 4.78 is 0. The van der Waals surface area contributed by atoms with Crippen LogP contribution in [0.2, 0.25) is 5.28 Å². The van der Waals surface area contributed by atoms with Crippen molar-refractivity contribution in [3.63, 3.8) is 0 Å². The van der Waals surface area contributed by atoms with Crippen LogP contribution in [0.4, 0.5) is 11.5 Å². The van der Waals surface area contributed by atoms with E-state index in [0.29, 0.717) is 5.69 Å². The molecule has 6 heteroatoms. The highest BCUT2D eigenvalue weighted by atomic mass is 35.5. The van der Waals surface area contributed by atoms with E-state index >= 15 is 0 Å². The molecule has 0 spiro atoms. The largest absolute Gasteiger partial charge is 0.394 e. The van der Waals surface area contributed by atoms with Crippen molar-refractivity contribution in [3.05, 3.63) is 11.0 Å². The summed E-state index contributed by atoms with van der Waals surface area (Å²) in [6, 6.07) is 0. The normalized spacial score (nSPS) is 17.2. The number of rotatable bonds is 3. The Hall–Kier alpha value is -1.07. The molecule has 0 amide bonds. The Kier molecular flexibility index (Phi) is 4.24. The lowest BCUT2D eigenvalue weighted by atomic mass is 10.2. The van der Waals surface area contributed by atoms with Crippen LogP contribution in [0.15, 0.2) is 0 Å². The first-order valence-electron chi connectivity index (χ1n) is 6.38. The minimum atomic E-state index is 0.271.